The summed E-state index contributed by atoms with van der Waals surface area (Å²) in [5.41, 5.74) is 11.4. The number of nitrogens with zero attached hydrogens (tertiary/aromatic N) is 2. The summed E-state index contributed by atoms with van der Waals surface area (Å²) in [6.45, 7) is 6.83. The fourth-order valence-corrected chi connectivity index (χ4v) is 8.20. The summed E-state index contributed by atoms with van der Waals surface area (Å²) in [5, 5.41) is 8.49. The van der Waals surface area contributed by atoms with Crippen LogP contribution in [0.25, 0.3) is 44.8 Å². The highest BCUT2D eigenvalue weighted by molar-refractivity contribution is 6.00. The molecule has 0 saturated heterocycles. The molecule has 6 aromatic rings. The zero-order chi connectivity index (χ0) is 48.1. The normalized spacial score (nSPS) is 15.6. The third-order valence-corrected chi connectivity index (χ3v) is 10.8. The van der Waals surface area contributed by atoms with E-state index in [-0.39, 0.29) is 47.8 Å². The van der Waals surface area contributed by atoms with Crippen LogP contribution in [0.2, 0.25) is 0 Å². The van der Waals surface area contributed by atoms with Gasteiger partial charge in [0.2, 0.25) is 0 Å². The Morgan fingerprint density at radius 1 is 0.632 bits per heavy atom. The maximum Gasteiger partial charge on any atom is 0.573 e. The molecule has 0 fully saturated rings. The van der Waals surface area contributed by atoms with E-state index in [2.05, 4.69) is 25.4 Å². The number of rotatable bonds is 11. The third kappa shape index (κ3) is 12.3. The van der Waals surface area contributed by atoms with Crippen LogP contribution in [0.3, 0.4) is 0 Å². The first-order chi connectivity index (χ1) is 31.8. The van der Waals surface area contributed by atoms with Gasteiger partial charge in [-0.2, -0.15) is 0 Å². The van der Waals surface area contributed by atoms with Crippen molar-refractivity contribution in [2.75, 3.05) is 26.2 Å². The van der Waals surface area contributed by atoms with E-state index in [0.717, 1.165) is 16.8 Å². The minimum absolute atomic E-state index is 0. The van der Waals surface area contributed by atoms with Gasteiger partial charge < -0.3 is 45.0 Å². The van der Waals surface area contributed by atoms with Crippen LogP contribution in [0.4, 0.5) is 31.1 Å². The molecular formula is C49H49ClF6N6O6. The van der Waals surface area contributed by atoms with E-state index in [4.69, 9.17) is 10.5 Å². The van der Waals surface area contributed by atoms with Crippen molar-refractivity contribution in [2.45, 2.75) is 64.0 Å². The number of benzene rings is 4. The average Bonchev–Trinajstić information content (AvgIpc) is 3.87. The molecule has 0 saturated carbocycles. The van der Waals surface area contributed by atoms with Gasteiger partial charge in [0.05, 0.1) is 23.5 Å². The van der Waals surface area contributed by atoms with Crippen LogP contribution in [0.1, 0.15) is 66.7 Å². The summed E-state index contributed by atoms with van der Waals surface area (Å²) >= 11 is 0. The Kier molecular flexibility index (Phi) is 15.5. The number of ether oxygens (including phenoxy) is 3. The molecule has 5 N–H and O–H groups in total. The number of carbonyl (C=O) groups excluding carboxylic acids is 3. The average molecular weight is 967 g/mol. The van der Waals surface area contributed by atoms with Crippen molar-refractivity contribution in [3.05, 3.63) is 133 Å². The summed E-state index contributed by atoms with van der Waals surface area (Å²) in [5.74, 6) is -1.18. The van der Waals surface area contributed by atoms with Gasteiger partial charge in [-0.05, 0) is 98.8 Å². The Balaban J connectivity index is 0.000000225. The van der Waals surface area contributed by atoms with E-state index in [0.29, 0.717) is 78.4 Å². The Hall–Kier alpha value is -6.92. The standard InChI is InChI=1S/C27H28F3N3O4.C22H20F3N3O2.ClH/c1-26(2,3)37-25(35)31-13-12-19-16-32-24(34)22-15-21(23(33(19)22)17-8-5-4-6-9-17)18-10-7-11-20(14-18)36-27(28,29)30;23-22(24,25)30-17-8-4-7-15(11-17)18-12-19-21(29)27-13-16(9-10-26)28(19)20(18)14-5-2-1-3-6-14;/h4-11,14-15,19H,12-13,16H2,1-3H3,(H,31,35)(H,32,34);1-8,11-12,16H,9-10,13,26H2,(H,27,29);1H. The number of nitrogens with two attached hydrogens (primary N) is 1. The molecule has 2 unspecified atom stereocenters. The molecule has 4 heterocycles. The molecule has 4 aromatic carbocycles. The van der Waals surface area contributed by atoms with E-state index in [1.54, 1.807) is 45.0 Å². The Labute approximate surface area is 394 Å². The van der Waals surface area contributed by atoms with E-state index in [1.807, 2.05) is 69.8 Å². The molecule has 19 heteroatoms. The number of alkyl carbamates (subject to hydrolysis) is 1. The minimum atomic E-state index is -4.83. The van der Waals surface area contributed by atoms with Gasteiger partial charge in [0, 0.05) is 30.8 Å². The van der Waals surface area contributed by atoms with E-state index in [1.165, 1.54) is 36.4 Å². The van der Waals surface area contributed by atoms with E-state index in [9.17, 15) is 40.7 Å². The number of aromatic nitrogens is 2. The molecular weight excluding hydrogens is 918 g/mol. The molecule has 0 aliphatic carbocycles. The molecule has 2 atom stereocenters. The van der Waals surface area contributed by atoms with Crippen molar-refractivity contribution in [1.29, 1.82) is 0 Å². The lowest BCUT2D eigenvalue weighted by Crippen LogP contribution is -2.41. The highest BCUT2D eigenvalue weighted by atomic mass is 35.5. The summed E-state index contributed by atoms with van der Waals surface area (Å²) in [4.78, 5) is 37.5. The number of alkyl halides is 6. The molecule has 0 spiro atoms. The highest BCUT2D eigenvalue weighted by Crippen LogP contribution is 2.42. The number of fused-ring (bicyclic) bond motifs is 2. The molecule has 2 aliphatic heterocycles. The van der Waals surface area contributed by atoms with Crippen molar-refractivity contribution < 1.29 is 54.9 Å². The minimum Gasteiger partial charge on any atom is -0.444 e. The van der Waals surface area contributed by atoms with Gasteiger partial charge in [-0.1, -0.05) is 84.9 Å². The van der Waals surface area contributed by atoms with Crippen LogP contribution in [-0.4, -0.2) is 71.5 Å². The van der Waals surface area contributed by atoms with Gasteiger partial charge in [-0.15, -0.1) is 38.7 Å². The fraction of sp³-hybridized carbons (Fsp3) is 0.286. The van der Waals surface area contributed by atoms with Gasteiger partial charge in [0.1, 0.15) is 28.5 Å². The Morgan fingerprint density at radius 2 is 1.04 bits per heavy atom. The molecule has 2 aromatic heterocycles. The molecule has 8 rings (SSSR count). The van der Waals surface area contributed by atoms with Crippen molar-refractivity contribution >= 4 is 30.3 Å². The summed E-state index contributed by atoms with van der Waals surface area (Å²) < 4.78 is 94.0. The SMILES string of the molecule is CC(C)(C)OC(=O)NCCC1CNC(=O)c2cc(-c3cccc(OC(F)(F)F)c3)c(-c3ccccc3)n21.Cl.NCCC1CNC(=O)c2cc(-c3cccc(OC(F)(F)F)c3)c(-c3ccccc3)n21. The Bertz CT molecular complexity index is 2720. The molecule has 3 amide bonds. The second kappa shape index (κ2) is 20.9. The molecule has 2 aliphatic rings. The zero-order valence-electron chi connectivity index (χ0n) is 37.0. The number of hydrogen-bond acceptors (Lipinski definition) is 7. The van der Waals surface area contributed by atoms with Crippen LogP contribution in [0.5, 0.6) is 11.5 Å². The molecule has 0 bridgehead atoms. The molecule has 360 valence electrons. The van der Waals surface area contributed by atoms with Crippen LogP contribution >= 0.6 is 12.4 Å². The van der Waals surface area contributed by atoms with Crippen molar-refractivity contribution in [2.24, 2.45) is 5.73 Å². The number of hydrogen-bond donors (Lipinski definition) is 4. The third-order valence-electron chi connectivity index (χ3n) is 10.8. The topological polar surface area (TPSA) is 151 Å². The van der Waals surface area contributed by atoms with Gasteiger partial charge in [-0.3, -0.25) is 9.59 Å². The second-order valence-corrected chi connectivity index (χ2v) is 16.7. The predicted molar refractivity (Wildman–Crippen MR) is 246 cm³/mol. The quantitative estimate of drug-likeness (QED) is 0.0944. The lowest BCUT2D eigenvalue weighted by Gasteiger charge is -2.29. The predicted octanol–water partition coefficient (Wildman–Crippen LogP) is 10.7. The van der Waals surface area contributed by atoms with Gasteiger partial charge in [0.25, 0.3) is 11.8 Å². The maximum absolute atomic E-state index is 12.9. The van der Waals surface area contributed by atoms with Crippen molar-refractivity contribution in [3.63, 3.8) is 0 Å². The summed E-state index contributed by atoms with van der Waals surface area (Å²) in [6, 6.07) is 33.4. The summed E-state index contributed by atoms with van der Waals surface area (Å²) in [6.07, 6.45) is -9.01. The zero-order valence-corrected chi connectivity index (χ0v) is 37.9. The van der Waals surface area contributed by atoms with Gasteiger partial charge in [0.15, 0.2) is 0 Å². The smallest absolute Gasteiger partial charge is 0.444 e. The first kappa shape index (κ1) is 50.5. The first-order valence-electron chi connectivity index (χ1n) is 21.4. The van der Waals surface area contributed by atoms with Gasteiger partial charge in [-0.25, -0.2) is 4.79 Å². The highest BCUT2D eigenvalue weighted by Gasteiger charge is 2.35. The van der Waals surface area contributed by atoms with Crippen LogP contribution in [-0.2, 0) is 4.74 Å². The maximum atomic E-state index is 12.9. The number of nitrogens with one attached hydrogen (secondary N) is 3. The van der Waals surface area contributed by atoms with E-state index >= 15 is 0 Å². The lowest BCUT2D eigenvalue weighted by atomic mass is 10.0. The van der Waals surface area contributed by atoms with Crippen LogP contribution in [0.15, 0.2) is 121 Å². The largest absolute Gasteiger partial charge is 0.573 e. The molecule has 0 radical (unpaired) electrons. The second-order valence-electron chi connectivity index (χ2n) is 16.7. The first-order valence-corrected chi connectivity index (χ1v) is 21.4. The number of amides is 3. The van der Waals surface area contributed by atoms with E-state index < -0.39 is 24.4 Å². The lowest BCUT2D eigenvalue weighted by molar-refractivity contribution is -0.275. The molecule has 68 heavy (non-hydrogen) atoms. The van der Waals surface area contributed by atoms with Crippen molar-refractivity contribution in [3.8, 4) is 56.3 Å². The van der Waals surface area contributed by atoms with Crippen LogP contribution in [0, 0.1) is 0 Å². The fourth-order valence-electron chi connectivity index (χ4n) is 8.20. The summed E-state index contributed by atoms with van der Waals surface area (Å²) in [7, 11) is 0. The monoisotopic (exact) mass is 966 g/mol. The van der Waals surface area contributed by atoms with Crippen molar-refractivity contribution in [1.82, 2.24) is 25.1 Å². The number of carbonyl (C=O) groups is 3. The molecule has 12 nitrogen and oxygen atoms in total. The van der Waals surface area contributed by atoms with Crippen LogP contribution < -0.4 is 31.2 Å². The van der Waals surface area contributed by atoms with Gasteiger partial charge >= 0.3 is 18.8 Å². The number of halogens is 7. The Morgan fingerprint density at radius 3 is 1.44 bits per heavy atom.